The number of nitrogens with zero attached hydrogens (tertiary/aromatic N) is 2. The molecule has 4 rings (SSSR count). The van der Waals surface area contributed by atoms with Gasteiger partial charge >= 0.3 is 0 Å². The van der Waals surface area contributed by atoms with Gasteiger partial charge in [0.05, 0.1) is 6.20 Å². The monoisotopic (exact) mass is 363 g/mol. The fraction of sp³-hybridized carbons (Fsp3) is 0.0500. The number of benzene rings is 2. The number of rotatable bonds is 4. The molecule has 2 heterocycles. The Bertz CT molecular complexity index is 1040. The molecule has 0 fully saturated rings. The van der Waals surface area contributed by atoms with Gasteiger partial charge in [0, 0.05) is 35.0 Å². The second kappa shape index (κ2) is 6.98. The third kappa shape index (κ3) is 3.43. The highest BCUT2D eigenvalue weighted by atomic mass is 35.5. The number of hydrogen-bond acceptors (Lipinski definition) is 4. The molecule has 0 bridgehead atoms. The fourth-order valence-corrected chi connectivity index (χ4v) is 2.77. The number of fused-ring (bicyclic) bond motifs is 1. The molecular weight excluding hydrogens is 350 g/mol. The minimum Gasteiger partial charge on any atom is -0.436 e. The molecule has 0 saturated heterocycles. The largest absolute Gasteiger partial charge is 0.436 e. The first kappa shape index (κ1) is 16.3. The Balaban J connectivity index is 1.45. The number of amides is 1. The Morgan fingerprint density at radius 2 is 1.96 bits per heavy atom. The molecule has 1 N–H and O–H groups in total. The summed E-state index contributed by atoms with van der Waals surface area (Å²) >= 11 is 5.91. The normalized spacial score (nSPS) is 10.8. The summed E-state index contributed by atoms with van der Waals surface area (Å²) in [6, 6.07) is 16.3. The van der Waals surface area contributed by atoms with Crippen molar-refractivity contribution < 1.29 is 9.21 Å². The zero-order chi connectivity index (χ0) is 17.9. The van der Waals surface area contributed by atoms with Gasteiger partial charge in [-0.2, -0.15) is 0 Å². The van der Waals surface area contributed by atoms with Crippen LogP contribution >= 0.6 is 11.6 Å². The first-order valence-corrected chi connectivity index (χ1v) is 8.40. The van der Waals surface area contributed by atoms with E-state index in [1.807, 2.05) is 24.3 Å². The van der Waals surface area contributed by atoms with Gasteiger partial charge in [-0.15, -0.1) is 0 Å². The van der Waals surface area contributed by atoms with Crippen molar-refractivity contribution in [1.82, 2.24) is 15.3 Å². The Kier molecular flexibility index (Phi) is 4.37. The molecule has 2 aromatic carbocycles. The van der Waals surface area contributed by atoms with Crippen LogP contribution in [-0.2, 0) is 6.54 Å². The van der Waals surface area contributed by atoms with E-state index in [1.54, 1.807) is 42.7 Å². The smallest absolute Gasteiger partial charge is 0.251 e. The Morgan fingerprint density at radius 1 is 1.12 bits per heavy atom. The van der Waals surface area contributed by atoms with E-state index in [-0.39, 0.29) is 5.91 Å². The molecule has 5 nitrogen and oxygen atoms in total. The second-order valence-electron chi connectivity index (χ2n) is 5.75. The maximum absolute atomic E-state index is 12.2. The zero-order valence-corrected chi connectivity index (χ0v) is 14.4. The van der Waals surface area contributed by atoms with Crippen LogP contribution in [0.15, 0.2) is 71.4 Å². The first-order valence-electron chi connectivity index (χ1n) is 8.03. The summed E-state index contributed by atoms with van der Waals surface area (Å²) in [5.74, 6) is 0.380. The number of halogens is 1. The van der Waals surface area contributed by atoms with Gasteiger partial charge in [-0.05, 0) is 35.9 Å². The number of oxazole rings is 1. The van der Waals surface area contributed by atoms with Gasteiger partial charge in [0.15, 0.2) is 5.58 Å². The predicted molar refractivity (Wildman–Crippen MR) is 99.9 cm³/mol. The number of pyridine rings is 1. The van der Waals surface area contributed by atoms with Gasteiger partial charge < -0.3 is 9.73 Å². The van der Waals surface area contributed by atoms with Gasteiger partial charge in [-0.3, -0.25) is 9.78 Å². The van der Waals surface area contributed by atoms with Gasteiger partial charge in [0.2, 0.25) is 5.89 Å². The van der Waals surface area contributed by atoms with E-state index in [9.17, 15) is 4.79 Å². The number of aromatic nitrogens is 2. The van der Waals surface area contributed by atoms with Crippen LogP contribution in [0.2, 0.25) is 5.02 Å². The van der Waals surface area contributed by atoms with E-state index in [1.165, 1.54) is 0 Å². The lowest BCUT2D eigenvalue weighted by molar-refractivity contribution is 0.0951. The Labute approximate surface area is 154 Å². The van der Waals surface area contributed by atoms with E-state index in [4.69, 9.17) is 16.0 Å². The summed E-state index contributed by atoms with van der Waals surface area (Å²) in [4.78, 5) is 20.6. The molecule has 0 spiro atoms. The lowest BCUT2D eigenvalue weighted by Gasteiger charge is -2.06. The molecule has 128 valence electrons. The summed E-state index contributed by atoms with van der Waals surface area (Å²) in [7, 11) is 0. The van der Waals surface area contributed by atoms with E-state index < -0.39 is 0 Å². The van der Waals surface area contributed by atoms with E-state index >= 15 is 0 Å². The van der Waals surface area contributed by atoms with Crippen LogP contribution in [0.1, 0.15) is 15.9 Å². The van der Waals surface area contributed by atoms with Crippen molar-refractivity contribution >= 4 is 28.6 Å². The maximum Gasteiger partial charge on any atom is 0.251 e. The lowest BCUT2D eigenvalue weighted by Crippen LogP contribution is -2.22. The molecule has 0 atom stereocenters. The second-order valence-corrected chi connectivity index (χ2v) is 6.19. The summed E-state index contributed by atoms with van der Waals surface area (Å²) in [6.45, 7) is 0.420. The van der Waals surface area contributed by atoms with Crippen molar-refractivity contribution in [1.29, 1.82) is 0 Å². The number of carbonyl (C=O) groups is 1. The molecule has 4 aromatic rings. The fourth-order valence-electron chi connectivity index (χ4n) is 2.58. The molecular formula is C20H14ClN3O2. The molecule has 2 aromatic heterocycles. The average Bonchev–Trinajstić information content (AvgIpc) is 3.11. The molecule has 0 aliphatic rings. The van der Waals surface area contributed by atoms with E-state index in [2.05, 4.69) is 15.3 Å². The molecule has 26 heavy (non-hydrogen) atoms. The maximum atomic E-state index is 12.2. The SMILES string of the molecule is O=C(NCc1ccc(-c2nc3cnccc3o2)cc1)c1cccc(Cl)c1. The van der Waals surface area contributed by atoms with Crippen LogP contribution in [0.4, 0.5) is 0 Å². The summed E-state index contributed by atoms with van der Waals surface area (Å²) in [5.41, 5.74) is 3.80. The van der Waals surface area contributed by atoms with Crippen molar-refractivity contribution in [3.05, 3.63) is 83.1 Å². The average molecular weight is 364 g/mol. The van der Waals surface area contributed by atoms with Crippen molar-refractivity contribution in [2.75, 3.05) is 0 Å². The third-order valence-electron chi connectivity index (χ3n) is 3.93. The van der Waals surface area contributed by atoms with Crippen molar-refractivity contribution in [2.45, 2.75) is 6.54 Å². The lowest BCUT2D eigenvalue weighted by atomic mass is 10.1. The highest BCUT2D eigenvalue weighted by molar-refractivity contribution is 6.30. The third-order valence-corrected chi connectivity index (χ3v) is 4.17. The zero-order valence-electron chi connectivity index (χ0n) is 13.6. The minimum atomic E-state index is -0.164. The van der Waals surface area contributed by atoms with Crippen molar-refractivity contribution in [3.8, 4) is 11.5 Å². The molecule has 0 unspecified atom stereocenters. The number of nitrogens with one attached hydrogen (secondary N) is 1. The van der Waals surface area contributed by atoms with Crippen molar-refractivity contribution in [3.63, 3.8) is 0 Å². The summed E-state index contributed by atoms with van der Waals surface area (Å²) < 4.78 is 5.73. The highest BCUT2D eigenvalue weighted by Crippen LogP contribution is 2.23. The van der Waals surface area contributed by atoms with Crippen molar-refractivity contribution in [2.24, 2.45) is 0 Å². The molecule has 1 amide bonds. The van der Waals surface area contributed by atoms with Crippen LogP contribution in [0, 0.1) is 0 Å². The highest BCUT2D eigenvalue weighted by Gasteiger charge is 2.09. The summed E-state index contributed by atoms with van der Waals surface area (Å²) in [6.07, 6.45) is 3.34. The molecule has 0 aliphatic heterocycles. The van der Waals surface area contributed by atoms with E-state index in [0.717, 1.165) is 16.6 Å². The summed E-state index contributed by atoms with van der Waals surface area (Å²) in [5, 5.41) is 3.42. The molecule has 0 radical (unpaired) electrons. The standard InChI is InChI=1S/C20H14ClN3O2/c21-16-3-1-2-15(10-16)19(25)23-11-13-4-6-14(7-5-13)20-24-17-12-22-9-8-18(17)26-20/h1-10,12H,11H2,(H,23,25). The van der Waals surface area contributed by atoms with Crippen LogP contribution < -0.4 is 5.32 Å². The molecule has 0 saturated carbocycles. The van der Waals surface area contributed by atoms with Gasteiger partial charge in [-0.25, -0.2) is 4.98 Å². The van der Waals surface area contributed by atoms with Crippen LogP contribution in [0.5, 0.6) is 0 Å². The van der Waals surface area contributed by atoms with Crippen LogP contribution in [0.3, 0.4) is 0 Å². The predicted octanol–water partition coefficient (Wildman–Crippen LogP) is 4.47. The molecule has 6 heteroatoms. The Hall–Kier alpha value is -3.18. The first-order chi connectivity index (χ1) is 12.7. The molecule has 0 aliphatic carbocycles. The number of hydrogen-bond donors (Lipinski definition) is 1. The topological polar surface area (TPSA) is 68.0 Å². The van der Waals surface area contributed by atoms with Crippen LogP contribution in [0.25, 0.3) is 22.6 Å². The number of carbonyl (C=O) groups excluding carboxylic acids is 1. The van der Waals surface area contributed by atoms with Crippen LogP contribution in [-0.4, -0.2) is 15.9 Å². The van der Waals surface area contributed by atoms with Gasteiger partial charge in [-0.1, -0.05) is 29.8 Å². The Morgan fingerprint density at radius 3 is 2.73 bits per heavy atom. The van der Waals surface area contributed by atoms with E-state index in [0.29, 0.717) is 28.6 Å². The minimum absolute atomic E-state index is 0.164. The quantitative estimate of drug-likeness (QED) is 0.580. The van der Waals surface area contributed by atoms with Gasteiger partial charge in [0.25, 0.3) is 5.91 Å². The van der Waals surface area contributed by atoms with Gasteiger partial charge in [0.1, 0.15) is 5.52 Å².